The van der Waals surface area contributed by atoms with Gasteiger partial charge in [0.15, 0.2) is 5.82 Å². The summed E-state index contributed by atoms with van der Waals surface area (Å²) in [5.74, 6) is 3.50. The first-order valence-electron chi connectivity index (χ1n) is 9.72. The second-order valence-corrected chi connectivity index (χ2v) is 7.35. The van der Waals surface area contributed by atoms with Crippen LogP contribution >= 0.6 is 0 Å². The highest BCUT2D eigenvalue weighted by molar-refractivity contribution is 5.57. The van der Waals surface area contributed by atoms with Crippen LogP contribution in [0.2, 0.25) is 0 Å². The number of rotatable bonds is 5. The highest BCUT2D eigenvalue weighted by Gasteiger charge is 2.27. The topological polar surface area (TPSA) is 83.4 Å². The number of anilines is 3. The summed E-state index contributed by atoms with van der Waals surface area (Å²) in [7, 11) is 1.70. The van der Waals surface area contributed by atoms with Crippen LogP contribution < -0.4 is 15.0 Å². The van der Waals surface area contributed by atoms with Crippen molar-refractivity contribution < 1.29 is 4.74 Å². The molecule has 0 bridgehead atoms. The van der Waals surface area contributed by atoms with Crippen molar-refractivity contribution in [1.29, 1.82) is 0 Å². The lowest BCUT2D eigenvalue weighted by molar-refractivity contribution is 0.414. The molecule has 0 aliphatic carbocycles. The molecule has 2 N–H and O–H groups in total. The van der Waals surface area contributed by atoms with Crippen molar-refractivity contribution in [2.75, 3.05) is 30.4 Å². The summed E-state index contributed by atoms with van der Waals surface area (Å²) in [6.07, 6.45) is 3.01. The van der Waals surface area contributed by atoms with E-state index in [-0.39, 0.29) is 0 Å². The number of H-pyrrole nitrogens is 1. The molecule has 8 nitrogen and oxygen atoms in total. The van der Waals surface area contributed by atoms with E-state index in [1.54, 1.807) is 7.11 Å². The second kappa shape index (κ2) is 7.12. The van der Waals surface area contributed by atoms with Gasteiger partial charge in [-0.15, -0.1) is 0 Å². The molecule has 29 heavy (non-hydrogen) atoms. The van der Waals surface area contributed by atoms with Gasteiger partial charge in [0, 0.05) is 37.0 Å². The number of ether oxygens (including phenoxy) is 1. The number of nitrogens with zero attached hydrogens (tertiary/aromatic N) is 5. The summed E-state index contributed by atoms with van der Waals surface area (Å²) in [5.41, 5.74) is 3.14. The van der Waals surface area contributed by atoms with Crippen LogP contribution in [0.3, 0.4) is 0 Å². The molecule has 0 amide bonds. The highest BCUT2D eigenvalue weighted by Crippen LogP contribution is 2.31. The Kier molecular flexibility index (Phi) is 4.31. The van der Waals surface area contributed by atoms with Gasteiger partial charge in [-0.2, -0.15) is 15.1 Å². The maximum atomic E-state index is 5.38. The van der Waals surface area contributed by atoms with Crippen LogP contribution in [0, 0.1) is 6.92 Å². The summed E-state index contributed by atoms with van der Waals surface area (Å²) in [4.78, 5) is 11.8. The second-order valence-electron chi connectivity index (χ2n) is 7.35. The average molecular weight is 389 g/mol. The number of hydrogen-bond donors (Lipinski definition) is 2. The summed E-state index contributed by atoms with van der Waals surface area (Å²) in [6, 6.07) is 14.2. The van der Waals surface area contributed by atoms with Gasteiger partial charge in [-0.25, -0.2) is 0 Å². The molecule has 1 unspecified atom stereocenters. The van der Waals surface area contributed by atoms with E-state index in [4.69, 9.17) is 14.7 Å². The van der Waals surface area contributed by atoms with Crippen molar-refractivity contribution in [2.45, 2.75) is 19.3 Å². The predicted octanol–water partition coefficient (Wildman–Crippen LogP) is 3.51. The van der Waals surface area contributed by atoms with Crippen LogP contribution in [0.15, 0.2) is 48.7 Å². The third kappa shape index (κ3) is 3.37. The number of benzene rings is 1. The number of methoxy groups -OCH3 is 1. The zero-order chi connectivity index (χ0) is 19.8. The summed E-state index contributed by atoms with van der Waals surface area (Å²) in [5, 5.41) is 10.5. The quantitative estimate of drug-likeness (QED) is 0.544. The Balaban J connectivity index is 1.43. The van der Waals surface area contributed by atoms with E-state index >= 15 is 0 Å². The molecule has 0 saturated carbocycles. The maximum Gasteiger partial charge on any atom is 0.230 e. The Morgan fingerprint density at radius 3 is 2.93 bits per heavy atom. The Bertz CT molecular complexity index is 1150. The van der Waals surface area contributed by atoms with Crippen molar-refractivity contribution in [2.24, 2.45) is 0 Å². The summed E-state index contributed by atoms with van der Waals surface area (Å²) < 4.78 is 7.32. The lowest BCUT2D eigenvalue weighted by atomic mass is 9.98. The zero-order valence-corrected chi connectivity index (χ0v) is 16.5. The first-order chi connectivity index (χ1) is 14.2. The lowest BCUT2D eigenvalue weighted by Crippen LogP contribution is -2.23. The third-order valence-electron chi connectivity index (χ3n) is 5.36. The van der Waals surface area contributed by atoms with Crippen molar-refractivity contribution in [1.82, 2.24) is 24.6 Å². The number of aryl methyl sites for hydroxylation is 1. The Morgan fingerprint density at radius 1 is 1.17 bits per heavy atom. The van der Waals surface area contributed by atoms with Gasteiger partial charge in [-0.1, -0.05) is 12.1 Å². The fourth-order valence-electron chi connectivity index (χ4n) is 3.85. The van der Waals surface area contributed by atoms with Gasteiger partial charge in [0.05, 0.1) is 7.11 Å². The molecule has 1 aliphatic rings. The highest BCUT2D eigenvalue weighted by atomic mass is 16.5. The molecule has 1 saturated heterocycles. The minimum absolute atomic E-state index is 0.433. The van der Waals surface area contributed by atoms with Crippen LogP contribution in [0.4, 0.5) is 17.7 Å². The SMILES string of the molecule is COc1cccc(C2CCN(c3nc(Nc4cc(C)[nH]n4)n4cccc4n3)C2)c1. The molecule has 0 spiro atoms. The van der Waals surface area contributed by atoms with Crippen LogP contribution in [-0.2, 0) is 0 Å². The van der Waals surface area contributed by atoms with Gasteiger partial charge in [0.1, 0.15) is 11.4 Å². The third-order valence-corrected chi connectivity index (χ3v) is 5.36. The van der Waals surface area contributed by atoms with E-state index in [0.717, 1.165) is 48.4 Å². The molecule has 1 atom stereocenters. The van der Waals surface area contributed by atoms with Gasteiger partial charge in [-0.05, 0) is 43.2 Å². The normalized spacial score (nSPS) is 16.5. The Morgan fingerprint density at radius 2 is 2.10 bits per heavy atom. The van der Waals surface area contributed by atoms with E-state index < -0.39 is 0 Å². The van der Waals surface area contributed by atoms with Crippen LogP contribution in [0.25, 0.3) is 5.65 Å². The van der Waals surface area contributed by atoms with Crippen molar-refractivity contribution >= 4 is 23.4 Å². The molecule has 148 valence electrons. The number of aromatic nitrogens is 5. The van der Waals surface area contributed by atoms with Crippen molar-refractivity contribution in [3.05, 3.63) is 59.9 Å². The number of fused-ring (bicyclic) bond motifs is 1. The van der Waals surface area contributed by atoms with Crippen LogP contribution in [0.1, 0.15) is 23.6 Å². The fraction of sp³-hybridized carbons (Fsp3) is 0.286. The fourth-order valence-corrected chi connectivity index (χ4v) is 3.85. The first kappa shape index (κ1) is 17.5. The number of nitrogens with one attached hydrogen (secondary N) is 2. The van der Waals surface area contributed by atoms with E-state index in [1.165, 1.54) is 5.56 Å². The van der Waals surface area contributed by atoms with Gasteiger partial charge in [0.2, 0.25) is 11.9 Å². The summed E-state index contributed by atoms with van der Waals surface area (Å²) in [6.45, 7) is 3.77. The molecule has 1 aliphatic heterocycles. The molecule has 1 aromatic carbocycles. The molecular weight excluding hydrogens is 366 g/mol. The molecule has 0 radical (unpaired) electrons. The van der Waals surface area contributed by atoms with Crippen LogP contribution in [-0.4, -0.2) is 44.8 Å². The molecule has 4 aromatic rings. The number of hydrogen-bond acceptors (Lipinski definition) is 6. The monoisotopic (exact) mass is 389 g/mol. The van der Waals surface area contributed by atoms with E-state index in [9.17, 15) is 0 Å². The zero-order valence-electron chi connectivity index (χ0n) is 16.5. The predicted molar refractivity (Wildman–Crippen MR) is 112 cm³/mol. The largest absolute Gasteiger partial charge is 0.497 e. The number of aromatic amines is 1. The maximum absolute atomic E-state index is 5.38. The summed E-state index contributed by atoms with van der Waals surface area (Å²) >= 11 is 0. The van der Waals surface area contributed by atoms with Gasteiger partial charge >= 0.3 is 0 Å². The molecular formula is C21H23N7O. The first-order valence-corrected chi connectivity index (χ1v) is 9.72. The minimum Gasteiger partial charge on any atom is -0.497 e. The molecule has 4 heterocycles. The van der Waals surface area contributed by atoms with E-state index in [2.05, 4.69) is 32.5 Å². The average Bonchev–Trinajstić information content (AvgIpc) is 3.48. The van der Waals surface area contributed by atoms with Crippen molar-refractivity contribution in [3.8, 4) is 5.75 Å². The van der Waals surface area contributed by atoms with Crippen LogP contribution in [0.5, 0.6) is 5.75 Å². The standard InChI is InChI=1S/C21H23N7O/c1-14-11-18(26-25-14)22-21-24-20(23-19-7-4-9-28(19)21)27-10-8-16(13-27)15-5-3-6-17(12-15)29-2/h3-7,9,11-12,16H,8,10,13H2,1-2H3,(H2,22,23,24,25,26). The molecule has 1 fully saturated rings. The molecule has 8 heteroatoms. The Labute approximate surface area is 168 Å². The smallest absolute Gasteiger partial charge is 0.230 e. The van der Waals surface area contributed by atoms with E-state index in [1.807, 2.05) is 47.9 Å². The van der Waals surface area contributed by atoms with Crippen molar-refractivity contribution in [3.63, 3.8) is 0 Å². The van der Waals surface area contributed by atoms with Gasteiger partial charge < -0.3 is 15.0 Å². The molecule has 5 rings (SSSR count). The van der Waals surface area contributed by atoms with E-state index in [0.29, 0.717) is 11.9 Å². The lowest BCUT2D eigenvalue weighted by Gasteiger charge is -2.18. The minimum atomic E-state index is 0.433. The Hall–Kier alpha value is -3.55. The van der Waals surface area contributed by atoms with Gasteiger partial charge in [-0.3, -0.25) is 9.50 Å². The van der Waals surface area contributed by atoms with Gasteiger partial charge in [0.25, 0.3) is 0 Å². The molecule has 3 aromatic heterocycles.